The predicted octanol–water partition coefficient (Wildman–Crippen LogP) is 3.60. The van der Waals surface area contributed by atoms with E-state index in [1.54, 1.807) is 0 Å². The number of hydrogen-bond donors (Lipinski definition) is 0. The number of halogens is 20. The number of alkyl halides is 20. The summed E-state index contributed by atoms with van der Waals surface area (Å²) in [7, 11) is -19.9. The van der Waals surface area contributed by atoms with E-state index < -0.39 is 138 Å². The number of ether oxygens (including phenoxy) is 4. The Balaban J connectivity index is 5.62. The Morgan fingerprint density at radius 1 is 0.537 bits per heavy atom. The van der Waals surface area contributed by atoms with Crippen molar-refractivity contribution in [1.82, 2.24) is 0 Å². The summed E-state index contributed by atoms with van der Waals surface area (Å²) in [5.74, 6) is -25.1. The topological polar surface area (TPSA) is 197 Å². The lowest BCUT2D eigenvalue weighted by atomic mass is 10.3. The van der Waals surface area contributed by atoms with Gasteiger partial charge in [-0.2, -0.15) is 79.0 Å². The molecule has 0 fully saturated rings. The first-order valence-electron chi connectivity index (χ1n) is 12.1. The summed E-state index contributed by atoms with van der Waals surface area (Å²) in [5, 5.41) is -16.5. The molecule has 0 aromatic rings. The molecule has 0 amide bonds. The van der Waals surface area contributed by atoms with E-state index in [9.17, 15) is 127 Å². The van der Waals surface area contributed by atoms with Crippen LogP contribution in [0.2, 0.25) is 0 Å². The highest BCUT2D eigenvalue weighted by Gasteiger charge is 2.77. The summed E-state index contributed by atoms with van der Waals surface area (Å²) >= 11 is 0. The quantitative estimate of drug-likeness (QED) is 0.0978. The third kappa shape index (κ3) is 11.2. The maximum Gasteiger partial charge on any atom is 0.462 e. The van der Waals surface area contributed by atoms with Gasteiger partial charge in [0.2, 0.25) is 19.7 Å². The second-order valence-electron chi connectivity index (χ2n) is 9.38. The molecule has 13 nitrogen and oxygen atoms in total. The van der Waals surface area contributed by atoms with Crippen LogP contribution in [0.5, 0.6) is 0 Å². The second kappa shape index (κ2) is 16.0. The zero-order valence-electron chi connectivity index (χ0n) is 24.4. The molecule has 0 aliphatic rings. The molecule has 0 saturated heterocycles. The van der Waals surface area contributed by atoms with Gasteiger partial charge in [-0.15, -0.1) is 0 Å². The molecule has 0 aliphatic carbocycles. The predicted molar refractivity (Wildman–Crippen MR) is 121 cm³/mol. The summed E-state index contributed by atoms with van der Waals surface area (Å²) in [6.45, 7) is -4.37. The van der Waals surface area contributed by atoms with Gasteiger partial charge < -0.3 is 14.0 Å². The zero-order chi connectivity index (χ0) is 43.8. The maximum atomic E-state index is 13.8. The van der Waals surface area contributed by atoms with E-state index in [0.717, 1.165) is 0 Å². The zero-order valence-corrected chi connectivity index (χ0v) is 26.8. The van der Waals surface area contributed by atoms with Gasteiger partial charge >= 0.3 is 58.9 Å². The van der Waals surface area contributed by atoms with Crippen LogP contribution in [-0.2, 0) is 58.3 Å². The summed E-state index contributed by atoms with van der Waals surface area (Å²) in [6.07, 6.45) is -42.4. The number of hydrogen-bond acceptors (Lipinski definition) is 13. The van der Waals surface area contributed by atoms with E-state index in [4.69, 9.17) is 0 Å². The normalized spacial score (nSPS) is 16.8. The van der Waals surface area contributed by atoms with Crippen molar-refractivity contribution in [3.8, 4) is 0 Å². The number of carbonyl (C=O) groups is 2. The van der Waals surface area contributed by atoms with Gasteiger partial charge in [0.1, 0.15) is 23.3 Å². The minimum atomic E-state index is -7.42. The van der Waals surface area contributed by atoms with Crippen LogP contribution in [0, 0.1) is 0 Å². The Morgan fingerprint density at radius 3 is 1.11 bits per heavy atom. The maximum absolute atomic E-state index is 13.8. The van der Waals surface area contributed by atoms with Crippen LogP contribution in [-0.4, -0.2) is 131 Å². The highest BCUT2D eigenvalue weighted by Crippen LogP contribution is 2.50. The van der Waals surface area contributed by atoms with Crippen LogP contribution in [0.1, 0.15) is 6.42 Å². The molecule has 0 spiro atoms. The fourth-order valence-corrected chi connectivity index (χ4v) is 5.01. The number of sulfone groups is 2. The third-order valence-corrected chi connectivity index (χ3v) is 9.97. The lowest BCUT2D eigenvalue weighted by Crippen LogP contribution is -2.56. The van der Waals surface area contributed by atoms with Crippen molar-refractivity contribution < 1.29 is 146 Å². The first-order valence-corrected chi connectivity index (χ1v) is 16.9. The third-order valence-electron chi connectivity index (χ3n) is 5.48. The van der Waals surface area contributed by atoms with Crippen molar-refractivity contribution >= 4 is 41.7 Å². The van der Waals surface area contributed by atoms with Crippen molar-refractivity contribution in [3.05, 3.63) is 0 Å². The van der Waals surface area contributed by atoms with Crippen LogP contribution in [0.4, 0.5) is 87.8 Å². The average Bonchev–Trinajstić information content (AvgIpc) is 2.92. The highest BCUT2D eigenvalue weighted by atomic mass is 32.2. The molecule has 36 heteroatoms. The molecule has 0 N–H and O–H groups in total. The van der Waals surface area contributed by atoms with Gasteiger partial charge in [-0.3, -0.25) is 19.1 Å². The van der Waals surface area contributed by atoms with Crippen LogP contribution in [0.25, 0.3) is 0 Å². The molecular formula is C18H13F20O13S3-. The van der Waals surface area contributed by atoms with Crippen molar-refractivity contribution in [3.63, 3.8) is 0 Å². The molecule has 3 atom stereocenters. The Morgan fingerprint density at radius 2 is 0.833 bits per heavy atom. The highest BCUT2D eigenvalue weighted by molar-refractivity contribution is 7.92. The Kier molecular flexibility index (Phi) is 15.2. The van der Waals surface area contributed by atoms with Crippen LogP contribution in [0.15, 0.2) is 0 Å². The Bertz CT molecular complexity index is 1680. The average molecular weight is 913 g/mol. The fourth-order valence-electron chi connectivity index (χ4n) is 2.55. The van der Waals surface area contributed by atoms with Crippen molar-refractivity contribution in [2.45, 2.75) is 71.3 Å². The van der Waals surface area contributed by atoms with E-state index in [1.165, 1.54) is 0 Å². The molecule has 0 aromatic heterocycles. The standard InChI is InChI=1S/C18H14F20O13S3/c19-9(50-17(35,36)13(25,26)15(29,30)31)11(21,22)52(41,42)3-1-48-7(39)5-6(54(45,46)47)8(40)49-2-4-53(43,44)12(23,24)10(20)51-18(37,38)14(27,28)16(32,33)34/h6,9-10H,1-5H2,(H,45,46,47)/p-1. The van der Waals surface area contributed by atoms with Gasteiger partial charge in [-0.05, 0) is 0 Å². The summed E-state index contributed by atoms with van der Waals surface area (Å²) in [4.78, 5) is 23.6. The minimum absolute atomic E-state index is 1.98. The lowest BCUT2D eigenvalue weighted by Gasteiger charge is -2.30. The van der Waals surface area contributed by atoms with Crippen molar-refractivity contribution in [2.75, 3.05) is 24.7 Å². The summed E-state index contributed by atoms with van der Waals surface area (Å²) in [6, 6.07) is 0. The smallest absolute Gasteiger partial charge is 0.462 e. The monoisotopic (exact) mass is 913 g/mol. The van der Waals surface area contributed by atoms with Crippen LogP contribution < -0.4 is 0 Å². The van der Waals surface area contributed by atoms with E-state index in [-0.39, 0.29) is 0 Å². The number of esters is 2. The molecule has 54 heavy (non-hydrogen) atoms. The van der Waals surface area contributed by atoms with Crippen molar-refractivity contribution in [2.24, 2.45) is 0 Å². The molecule has 0 rings (SSSR count). The molecular weight excluding hydrogens is 900 g/mol. The molecule has 0 bridgehead atoms. The van der Waals surface area contributed by atoms with Crippen LogP contribution in [0.3, 0.4) is 0 Å². The fraction of sp³-hybridized carbons (Fsp3) is 0.889. The molecule has 3 unspecified atom stereocenters. The largest absolute Gasteiger partial charge is 0.747 e. The van der Waals surface area contributed by atoms with E-state index in [1.807, 2.05) is 9.47 Å². The Hall–Kier alpha value is -2.73. The SMILES string of the molecule is O=C(CC(C(=O)OCCS(=O)(=O)C(F)(F)C(F)OC(F)(F)C(F)(F)C(F)(F)F)S(=O)(=O)[O-])OCCS(=O)(=O)C(F)(F)C(F)OC(F)(F)C(F)(F)C(F)(F)F. The lowest BCUT2D eigenvalue weighted by molar-refractivity contribution is -0.446. The number of rotatable bonds is 20. The molecule has 0 radical (unpaired) electrons. The summed E-state index contributed by atoms with van der Waals surface area (Å²) < 4.78 is 349. The van der Waals surface area contributed by atoms with Gasteiger partial charge in [0, 0.05) is 0 Å². The van der Waals surface area contributed by atoms with Gasteiger partial charge in [-0.25, -0.2) is 34.0 Å². The molecule has 322 valence electrons. The van der Waals surface area contributed by atoms with Crippen molar-refractivity contribution in [1.29, 1.82) is 0 Å². The molecule has 0 heterocycles. The first kappa shape index (κ1) is 51.3. The van der Waals surface area contributed by atoms with Gasteiger partial charge in [0.05, 0.1) is 17.9 Å². The van der Waals surface area contributed by atoms with Gasteiger partial charge in [-0.1, -0.05) is 0 Å². The van der Waals surface area contributed by atoms with Gasteiger partial charge in [0.25, 0.3) is 12.7 Å². The van der Waals surface area contributed by atoms with Gasteiger partial charge in [0.15, 0.2) is 5.25 Å². The summed E-state index contributed by atoms with van der Waals surface area (Å²) in [5.41, 5.74) is 0. The minimum Gasteiger partial charge on any atom is -0.747 e. The first-order chi connectivity index (χ1) is 23.4. The molecule has 0 aromatic carbocycles. The van der Waals surface area contributed by atoms with E-state index in [0.29, 0.717) is 0 Å². The second-order valence-corrected chi connectivity index (χ2v) is 15.3. The Labute approximate surface area is 284 Å². The molecule has 0 saturated carbocycles. The van der Waals surface area contributed by atoms with E-state index >= 15 is 0 Å². The van der Waals surface area contributed by atoms with E-state index in [2.05, 4.69) is 9.47 Å². The molecule has 0 aliphatic heterocycles. The van der Waals surface area contributed by atoms with Crippen LogP contribution >= 0.6 is 0 Å². The number of carbonyl (C=O) groups excluding carboxylic acids is 2.